The van der Waals surface area contributed by atoms with E-state index in [1.165, 1.54) is 6.07 Å². The van der Waals surface area contributed by atoms with E-state index < -0.39 is 11.7 Å². The average Bonchev–Trinajstić information content (AvgIpc) is 2.84. The van der Waals surface area contributed by atoms with E-state index in [9.17, 15) is 13.2 Å². The summed E-state index contributed by atoms with van der Waals surface area (Å²) in [5.74, 6) is 0.459. The minimum absolute atomic E-state index is 0.377. The Kier molecular flexibility index (Phi) is 4.81. The maximum atomic E-state index is 12.8. The summed E-state index contributed by atoms with van der Waals surface area (Å²) in [7, 11) is 0. The molecule has 0 amide bonds. The highest BCUT2D eigenvalue weighted by atomic mass is 35.5. The summed E-state index contributed by atoms with van der Waals surface area (Å²) in [6.07, 6.45) is -3.36. The smallest absolute Gasteiger partial charge is 0.370 e. The van der Waals surface area contributed by atoms with Gasteiger partial charge in [0.2, 0.25) is 0 Å². The van der Waals surface area contributed by atoms with Crippen LogP contribution in [0.25, 0.3) is 0 Å². The van der Waals surface area contributed by atoms with Gasteiger partial charge in [0.25, 0.3) is 0 Å². The SMILES string of the molecule is CCNCC1CCN(c2cc(C(F)(F)F)ccc2Cl)C1. The third kappa shape index (κ3) is 3.58. The largest absolute Gasteiger partial charge is 0.416 e. The molecule has 1 unspecified atom stereocenters. The number of anilines is 1. The van der Waals surface area contributed by atoms with Crippen LogP contribution < -0.4 is 10.2 Å². The number of hydrogen-bond donors (Lipinski definition) is 1. The van der Waals surface area contributed by atoms with Crippen LogP contribution in [0.5, 0.6) is 0 Å². The molecule has 0 radical (unpaired) electrons. The monoisotopic (exact) mass is 306 g/mol. The summed E-state index contributed by atoms with van der Waals surface area (Å²) in [6.45, 7) is 5.33. The maximum absolute atomic E-state index is 12.8. The number of nitrogens with zero attached hydrogens (tertiary/aromatic N) is 1. The van der Waals surface area contributed by atoms with Gasteiger partial charge < -0.3 is 10.2 Å². The van der Waals surface area contributed by atoms with Crippen LogP contribution >= 0.6 is 11.6 Å². The van der Waals surface area contributed by atoms with E-state index in [-0.39, 0.29) is 0 Å². The number of alkyl halides is 3. The van der Waals surface area contributed by atoms with Gasteiger partial charge in [0.15, 0.2) is 0 Å². The van der Waals surface area contributed by atoms with Gasteiger partial charge in [0.05, 0.1) is 16.3 Å². The summed E-state index contributed by atoms with van der Waals surface area (Å²) >= 11 is 6.05. The van der Waals surface area contributed by atoms with E-state index in [0.717, 1.165) is 44.7 Å². The van der Waals surface area contributed by atoms with Gasteiger partial charge in [-0.1, -0.05) is 18.5 Å². The standard InChI is InChI=1S/C14H18ClF3N2/c1-2-19-8-10-5-6-20(9-10)13-7-11(14(16,17)18)3-4-12(13)15/h3-4,7,10,19H,2,5-6,8-9H2,1H3. The van der Waals surface area contributed by atoms with E-state index in [0.29, 0.717) is 16.6 Å². The molecule has 0 aromatic heterocycles. The normalized spacial score (nSPS) is 19.6. The van der Waals surface area contributed by atoms with Crippen LogP contribution in [0.2, 0.25) is 5.02 Å². The predicted octanol–water partition coefficient (Wildman–Crippen LogP) is 3.79. The Morgan fingerprint density at radius 1 is 1.40 bits per heavy atom. The fourth-order valence-electron chi connectivity index (χ4n) is 2.50. The second-order valence-electron chi connectivity index (χ2n) is 5.07. The zero-order valence-electron chi connectivity index (χ0n) is 11.3. The second kappa shape index (κ2) is 6.22. The predicted molar refractivity (Wildman–Crippen MR) is 75.3 cm³/mol. The third-order valence-electron chi connectivity index (χ3n) is 3.58. The highest BCUT2D eigenvalue weighted by molar-refractivity contribution is 6.33. The number of nitrogens with one attached hydrogen (secondary N) is 1. The third-order valence-corrected chi connectivity index (χ3v) is 3.90. The fraction of sp³-hybridized carbons (Fsp3) is 0.571. The molecule has 1 atom stereocenters. The molecule has 2 nitrogen and oxygen atoms in total. The van der Waals surface area contributed by atoms with Crippen molar-refractivity contribution in [2.24, 2.45) is 5.92 Å². The van der Waals surface area contributed by atoms with Crippen molar-refractivity contribution in [2.75, 3.05) is 31.1 Å². The minimum atomic E-state index is -4.33. The van der Waals surface area contributed by atoms with Crippen molar-refractivity contribution in [3.8, 4) is 0 Å². The molecule has 1 heterocycles. The van der Waals surface area contributed by atoms with E-state index in [4.69, 9.17) is 11.6 Å². The van der Waals surface area contributed by atoms with E-state index >= 15 is 0 Å². The van der Waals surface area contributed by atoms with Gasteiger partial charge in [-0.05, 0) is 43.6 Å². The highest BCUT2D eigenvalue weighted by Gasteiger charge is 2.32. The Hall–Kier alpha value is -0.940. The molecule has 1 aromatic carbocycles. The van der Waals surface area contributed by atoms with Crippen LogP contribution in [0.3, 0.4) is 0 Å². The van der Waals surface area contributed by atoms with E-state index in [1.807, 2.05) is 11.8 Å². The quantitative estimate of drug-likeness (QED) is 0.910. The van der Waals surface area contributed by atoms with Crippen LogP contribution in [-0.2, 0) is 6.18 Å². The van der Waals surface area contributed by atoms with Crippen molar-refractivity contribution in [1.29, 1.82) is 0 Å². The molecule has 0 saturated carbocycles. The maximum Gasteiger partial charge on any atom is 0.416 e. The van der Waals surface area contributed by atoms with Crippen molar-refractivity contribution in [3.05, 3.63) is 28.8 Å². The van der Waals surface area contributed by atoms with Crippen molar-refractivity contribution in [3.63, 3.8) is 0 Å². The zero-order valence-corrected chi connectivity index (χ0v) is 12.1. The molecule has 1 N–H and O–H groups in total. The van der Waals surface area contributed by atoms with Crippen molar-refractivity contribution >= 4 is 17.3 Å². The number of halogens is 4. The van der Waals surface area contributed by atoms with E-state index in [1.54, 1.807) is 0 Å². The van der Waals surface area contributed by atoms with Gasteiger partial charge in [-0.25, -0.2) is 0 Å². The molecule has 6 heteroatoms. The topological polar surface area (TPSA) is 15.3 Å². The van der Waals surface area contributed by atoms with E-state index in [2.05, 4.69) is 5.32 Å². The molecule has 2 rings (SSSR count). The molecule has 1 aliphatic heterocycles. The Morgan fingerprint density at radius 3 is 2.80 bits per heavy atom. The van der Waals surface area contributed by atoms with Gasteiger partial charge in [-0.3, -0.25) is 0 Å². The Morgan fingerprint density at radius 2 is 2.15 bits per heavy atom. The molecular weight excluding hydrogens is 289 g/mol. The molecule has 1 saturated heterocycles. The number of hydrogen-bond acceptors (Lipinski definition) is 2. The van der Waals surface area contributed by atoms with Gasteiger partial charge >= 0.3 is 6.18 Å². The molecule has 0 aliphatic carbocycles. The highest BCUT2D eigenvalue weighted by Crippen LogP contribution is 2.37. The summed E-state index contributed by atoms with van der Waals surface area (Å²) < 4.78 is 38.3. The number of benzene rings is 1. The van der Waals surface area contributed by atoms with Crippen molar-refractivity contribution < 1.29 is 13.2 Å². The minimum Gasteiger partial charge on any atom is -0.370 e. The molecular formula is C14H18ClF3N2. The van der Waals surface area contributed by atoms with Crippen LogP contribution in [0, 0.1) is 5.92 Å². The summed E-state index contributed by atoms with van der Waals surface area (Å²) in [6, 6.07) is 3.51. The summed E-state index contributed by atoms with van der Waals surface area (Å²) in [4.78, 5) is 1.94. The molecule has 1 fully saturated rings. The second-order valence-corrected chi connectivity index (χ2v) is 5.48. The van der Waals surface area contributed by atoms with Crippen molar-refractivity contribution in [1.82, 2.24) is 5.32 Å². The fourth-order valence-corrected chi connectivity index (χ4v) is 2.73. The molecule has 0 spiro atoms. The Balaban J connectivity index is 2.13. The molecule has 1 aliphatic rings. The van der Waals surface area contributed by atoms with Gasteiger partial charge in [0.1, 0.15) is 0 Å². The van der Waals surface area contributed by atoms with Crippen LogP contribution in [0.15, 0.2) is 18.2 Å². The Bertz CT molecular complexity index is 462. The lowest BCUT2D eigenvalue weighted by Crippen LogP contribution is -2.26. The number of rotatable bonds is 4. The van der Waals surface area contributed by atoms with Gasteiger partial charge in [0, 0.05) is 13.1 Å². The zero-order chi connectivity index (χ0) is 14.8. The lowest BCUT2D eigenvalue weighted by atomic mass is 10.1. The van der Waals surface area contributed by atoms with Crippen molar-refractivity contribution in [2.45, 2.75) is 19.5 Å². The molecule has 1 aromatic rings. The lowest BCUT2D eigenvalue weighted by molar-refractivity contribution is -0.137. The summed E-state index contributed by atoms with van der Waals surface area (Å²) in [5.41, 5.74) is -0.160. The van der Waals surface area contributed by atoms with Crippen LogP contribution in [0.1, 0.15) is 18.9 Å². The molecule has 20 heavy (non-hydrogen) atoms. The average molecular weight is 307 g/mol. The first kappa shape index (κ1) is 15.4. The van der Waals surface area contributed by atoms with Gasteiger partial charge in [-0.2, -0.15) is 13.2 Å². The molecule has 112 valence electrons. The van der Waals surface area contributed by atoms with Crippen LogP contribution in [0.4, 0.5) is 18.9 Å². The molecule has 0 bridgehead atoms. The lowest BCUT2D eigenvalue weighted by Gasteiger charge is -2.21. The first-order valence-electron chi connectivity index (χ1n) is 6.74. The van der Waals surface area contributed by atoms with Crippen LogP contribution in [-0.4, -0.2) is 26.2 Å². The first-order chi connectivity index (χ1) is 9.41. The Labute approximate surface area is 121 Å². The summed E-state index contributed by atoms with van der Waals surface area (Å²) in [5, 5.41) is 3.65. The first-order valence-corrected chi connectivity index (χ1v) is 7.12. The van der Waals surface area contributed by atoms with Gasteiger partial charge in [-0.15, -0.1) is 0 Å².